The highest BCUT2D eigenvalue weighted by Gasteiger charge is 2.13. The molecule has 0 heteroatoms. The molecule has 192 valence electrons. The highest BCUT2D eigenvalue weighted by molar-refractivity contribution is 5.63. The highest BCUT2D eigenvalue weighted by Crippen LogP contribution is 2.27. The summed E-state index contributed by atoms with van der Waals surface area (Å²) in [5.74, 6) is 2.04. The predicted molar refractivity (Wildman–Crippen MR) is 161 cm³/mol. The molecular weight excluding hydrogens is 408 g/mol. The lowest BCUT2D eigenvalue weighted by atomic mass is 9.84. The Morgan fingerprint density at radius 2 is 0.559 bits per heavy atom. The van der Waals surface area contributed by atoms with E-state index in [2.05, 4.69) is 114 Å². The lowest BCUT2D eigenvalue weighted by molar-refractivity contribution is 0.308. The summed E-state index contributed by atoms with van der Waals surface area (Å²) in [6, 6.07) is 25.7. The third-order valence-corrected chi connectivity index (χ3v) is 5.96. The molecule has 0 saturated heterocycles. The zero-order chi connectivity index (χ0) is 21.9. The second-order valence-corrected chi connectivity index (χ2v) is 9.25. The Morgan fingerprint density at radius 1 is 0.382 bits per heavy atom. The first-order chi connectivity index (χ1) is 14.3. The second kappa shape index (κ2) is 19.0. The zero-order valence-electron chi connectivity index (χ0n) is 19.9. The third-order valence-electron chi connectivity index (χ3n) is 5.96. The fraction of sp³-hybridized carbons (Fsp3) is 0.471. The normalized spacial score (nSPS) is 15.7. The molecule has 0 amide bonds. The van der Waals surface area contributed by atoms with Crippen molar-refractivity contribution in [1.29, 1.82) is 0 Å². The summed E-state index contributed by atoms with van der Waals surface area (Å²) in [4.78, 5) is 0. The molecule has 0 nitrogen and oxygen atoms in total. The SMILES string of the molecule is C.C.C.C.CC1CCC(C)CC1.Cc1ccc(-c2ccc(C)cc2)cc1.Cc1ccc(C)cc1. The van der Waals surface area contributed by atoms with Crippen LogP contribution in [0.25, 0.3) is 11.1 Å². The predicted octanol–water partition coefficient (Wildman–Crippen LogP) is 11.7. The Kier molecular flexibility index (Phi) is 20.3. The van der Waals surface area contributed by atoms with Crippen molar-refractivity contribution in [2.24, 2.45) is 11.8 Å². The first-order valence-electron chi connectivity index (χ1n) is 11.5. The smallest absolute Gasteiger partial charge is 0.0184 e. The van der Waals surface area contributed by atoms with E-state index >= 15 is 0 Å². The van der Waals surface area contributed by atoms with E-state index in [4.69, 9.17) is 0 Å². The van der Waals surface area contributed by atoms with Gasteiger partial charge in [-0.3, -0.25) is 0 Å². The summed E-state index contributed by atoms with van der Waals surface area (Å²) >= 11 is 0. The summed E-state index contributed by atoms with van der Waals surface area (Å²) in [7, 11) is 0. The number of benzene rings is 3. The minimum absolute atomic E-state index is 0. The largest absolute Gasteiger partial charge is 0.0776 e. The molecule has 0 bridgehead atoms. The number of aryl methyl sites for hydroxylation is 4. The van der Waals surface area contributed by atoms with E-state index in [0.717, 1.165) is 11.8 Å². The van der Waals surface area contributed by atoms with Crippen molar-refractivity contribution < 1.29 is 0 Å². The minimum atomic E-state index is 0. The van der Waals surface area contributed by atoms with Gasteiger partial charge in [-0.05, 0) is 50.7 Å². The molecule has 3 aromatic rings. The average molecular weight is 465 g/mol. The molecular formula is C34H56. The lowest BCUT2D eigenvalue weighted by Crippen LogP contribution is -2.08. The van der Waals surface area contributed by atoms with E-state index in [9.17, 15) is 0 Å². The van der Waals surface area contributed by atoms with E-state index in [1.807, 2.05) is 0 Å². The van der Waals surface area contributed by atoms with Gasteiger partial charge in [0.15, 0.2) is 0 Å². The van der Waals surface area contributed by atoms with Crippen molar-refractivity contribution in [1.82, 2.24) is 0 Å². The van der Waals surface area contributed by atoms with Gasteiger partial charge in [0.1, 0.15) is 0 Å². The van der Waals surface area contributed by atoms with Crippen LogP contribution in [0, 0.1) is 39.5 Å². The minimum Gasteiger partial charge on any atom is -0.0776 e. The van der Waals surface area contributed by atoms with E-state index in [0.29, 0.717) is 0 Å². The topological polar surface area (TPSA) is 0 Å². The third kappa shape index (κ3) is 14.0. The van der Waals surface area contributed by atoms with Gasteiger partial charge in [0.25, 0.3) is 0 Å². The number of hydrogen-bond acceptors (Lipinski definition) is 0. The first kappa shape index (κ1) is 36.2. The van der Waals surface area contributed by atoms with Crippen molar-refractivity contribution in [3.63, 3.8) is 0 Å². The molecule has 0 aromatic heterocycles. The molecule has 0 spiro atoms. The standard InChI is InChI=1S/C14H14.C8H16.C8H10.4CH4/c1-11-3-7-13(8-4-11)14-9-5-12(2)6-10-14;2*1-7-3-5-8(2)6-4-7;;;;/h3-10H,1-2H3;7-8H,3-6H2,1-2H3;3-6H,1-2H3;4*1H4. The molecule has 34 heavy (non-hydrogen) atoms. The fourth-order valence-corrected chi connectivity index (χ4v) is 3.56. The molecule has 1 aliphatic carbocycles. The fourth-order valence-electron chi connectivity index (χ4n) is 3.56. The maximum Gasteiger partial charge on any atom is -0.0184 e. The van der Waals surface area contributed by atoms with Gasteiger partial charge in [-0.25, -0.2) is 0 Å². The summed E-state index contributed by atoms with van der Waals surface area (Å²) in [6.45, 7) is 13.1. The highest BCUT2D eigenvalue weighted by atomic mass is 14.2. The van der Waals surface area contributed by atoms with E-state index in [1.165, 1.54) is 59.1 Å². The van der Waals surface area contributed by atoms with Crippen LogP contribution in [0.2, 0.25) is 0 Å². The Bertz CT molecular complexity index is 756. The molecule has 0 N–H and O–H groups in total. The Balaban J connectivity index is -0.000000423. The van der Waals surface area contributed by atoms with Crippen LogP contribution in [0.1, 0.15) is 91.5 Å². The van der Waals surface area contributed by atoms with Crippen molar-refractivity contribution in [2.45, 2.75) is 96.9 Å². The Labute approximate surface area is 214 Å². The summed E-state index contributed by atoms with van der Waals surface area (Å²) in [5, 5.41) is 0. The monoisotopic (exact) mass is 464 g/mol. The number of hydrogen-bond donors (Lipinski definition) is 0. The van der Waals surface area contributed by atoms with E-state index < -0.39 is 0 Å². The maximum absolute atomic E-state index is 2.37. The van der Waals surface area contributed by atoms with Gasteiger partial charge in [-0.1, -0.05) is 164 Å². The van der Waals surface area contributed by atoms with Gasteiger partial charge in [0.05, 0.1) is 0 Å². The molecule has 1 aliphatic rings. The van der Waals surface area contributed by atoms with Crippen molar-refractivity contribution >= 4 is 0 Å². The Hall–Kier alpha value is -2.34. The van der Waals surface area contributed by atoms with Crippen molar-refractivity contribution in [2.75, 3.05) is 0 Å². The van der Waals surface area contributed by atoms with Gasteiger partial charge in [0, 0.05) is 0 Å². The number of rotatable bonds is 1. The average Bonchev–Trinajstić information content (AvgIpc) is 2.75. The molecule has 0 unspecified atom stereocenters. The van der Waals surface area contributed by atoms with Crippen molar-refractivity contribution in [3.05, 3.63) is 95.1 Å². The molecule has 0 aliphatic heterocycles. The second-order valence-electron chi connectivity index (χ2n) is 9.25. The lowest BCUT2D eigenvalue weighted by Gasteiger charge is -2.22. The van der Waals surface area contributed by atoms with Crippen LogP contribution in [-0.4, -0.2) is 0 Å². The van der Waals surface area contributed by atoms with Gasteiger partial charge in [-0.2, -0.15) is 0 Å². The quantitative estimate of drug-likeness (QED) is 0.336. The molecule has 4 rings (SSSR count). The van der Waals surface area contributed by atoms with E-state index in [-0.39, 0.29) is 29.7 Å². The van der Waals surface area contributed by atoms with Crippen LogP contribution in [0.4, 0.5) is 0 Å². The molecule has 3 aromatic carbocycles. The molecule has 1 saturated carbocycles. The van der Waals surface area contributed by atoms with E-state index in [1.54, 1.807) is 0 Å². The van der Waals surface area contributed by atoms with Crippen LogP contribution in [0.5, 0.6) is 0 Å². The van der Waals surface area contributed by atoms with Crippen LogP contribution in [-0.2, 0) is 0 Å². The van der Waals surface area contributed by atoms with Crippen molar-refractivity contribution in [3.8, 4) is 11.1 Å². The van der Waals surface area contributed by atoms with Crippen LogP contribution < -0.4 is 0 Å². The summed E-state index contributed by atoms with van der Waals surface area (Å²) < 4.78 is 0. The molecule has 0 atom stereocenters. The van der Waals surface area contributed by atoms with Gasteiger partial charge in [-0.15, -0.1) is 0 Å². The maximum atomic E-state index is 2.37. The summed E-state index contributed by atoms with van der Waals surface area (Å²) in [5.41, 5.74) is 7.85. The first-order valence-corrected chi connectivity index (χ1v) is 11.5. The van der Waals surface area contributed by atoms with Crippen LogP contribution in [0.15, 0.2) is 72.8 Å². The van der Waals surface area contributed by atoms with Crippen LogP contribution >= 0.6 is 0 Å². The summed E-state index contributed by atoms with van der Waals surface area (Å²) in [6.07, 6.45) is 5.89. The Morgan fingerprint density at radius 3 is 0.765 bits per heavy atom. The van der Waals surface area contributed by atoms with Gasteiger partial charge in [0.2, 0.25) is 0 Å². The van der Waals surface area contributed by atoms with Gasteiger partial charge >= 0.3 is 0 Å². The molecule has 0 radical (unpaired) electrons. The molecule has 0 heterocycles. The van der Waals surface area contributed by atoms with Gasteiger partial charge < -0.3 is 0 Å². The molecule has 1 fully saturated rings. The zero-order valence-corrected chi connectivity index (χ0v) is 19.9. The van der Waals surface area contributed by atoms with Crippen LogP contribution in [0.3, 0.4) is 0 Å².